The van der Waals surface area contributed by atoms with E-state index in [9.17, 15) is 0 Å². The summed E-state index contributed by atoms with van der Waals surface area (Å²) in [6.07, 6.45) is 1.80. The standard InChI is InChI=1S/C12H13BrN2O/c1-16-9-12-6-7-14-15(12)8-10-2-4-11(13)5-3-10/h2-7H,8-9H2,1H3. The van der Waals surface area contributed by atoms with E-state index in [0.29, 0.717) is 6.61 Å². The van der Waals surface area contributed by atoms with E-state index in [0.717, 1.165) is 16.7 Å². The number of hydrogen-bond donors (Lipinski definition) is 0. The van der Waals surface area contributed by atoms with Gasteiger partial charge in [0.2, 0.25) is 0 Å². The molecule has 1 heterocycles. The summed E-state index contributed by atoms with van der Waals surface area (Å²) in [6, 6.07) is 10.2. The Kier molecular flexibility index (Phi) is 3.74. The highest BCUT2D eigenvalue weighted by molar-refractivity contribution is 9.10. The fourth-order valence-corrected chi connectivity index (χ4v) is 1.80. The van der Waals surface area contributed by atoms with Gasteiger partial charge in [-0.15, -0.1) is 0 Å². The van der Waals surface area contributed by atoms with Gasteiger partial charge in [-0.05, 0) is 23.8 Å². The van der Waals surface area contributed by atoms with Crippen molar-refractivity contribution in [3.8, 4) is 0 Å². The van der Waals surface area contributed by atoms with Crippen molar-refractivity contribution < 1.29 is 4.74 Å². The molecule has 0 saturated heterocycles. The Morgan fingerprint density at radius 3 is 2.69 bits per heavy atom. The van der Waals surface area contributed by atoms with Crippen LogP contribution in [0.4, 0.5) is 0 Å². The highest BCUT2D eigenvalue weighted by Crippen LogP contribution is 2.12. The molecule has 0 N–H and O–H groups in total. The zero-order valence-corrected chi connectivity index (χ0v) is 10.6. The van der Waals surface area contributed by atoms with Crippen LogP contribution in [-0.4, -0.2) is 16.9 Å². The second kappa shape index (κ2) is 5.27. The molecule has 0 bridgehead atoms. The summed E-state index contributed by atoms with van der Waals surface area (Å²) >= 11 is 3.42. The average Bonchev–Trinajstić information content (AvgIpc) is 2.70. The molecule has 0 aliphatic rings. The molecule has 0 aliphatic heterocycles. The zero-order chi connectivity index (χ0) is 11.4. The number of rotatable bonds is 4. The third kappa shape index (κ3) is 2.71. The maximum atomic E-state index is 5.12. The molecular weight excluding hydrogens is 268 g/mol. The predicted molar refractivity (Wildman–Crippen MR) is 66.2 cm³/mol. The second-order valence-corrected chi connectivity index (χ2v) is 4.46. The van der Waals surface area contributed by atoms with Crippen molar-refractivity contribution in [2.75, 3.05) is 7.11 Å². The third-order valence-corrected chi connectivity index (χ3v) is 2.87. The van der Waals surface area contributed by atoms with Crippen molar-refractivity contribution in [2.24, 2.45) is 0 Å². The minimum Gasteiger partial charge on any atom is -0.378 e. The van der Waals surface area contributed by atoms with Crippen molar-refractivity contribution in [3.63, 3.8) is 0 Å². The van der Waals surface area contributed by atoms with Gasteiger partial charge in [-0.2, -0.15) is 5.10 Å². The summed E-state index contributed by atoms with van der Waals surface area (Å²) in [6.45, 7) is 1.37. The van der Waals surface area contributed by atoms with Crippen LogP contribution < -0.4 is 0 Å². The SMILES string of the molecule is COCc1ccnn1Cc1ccc(Br)cc1. The first kappa shape index (κ1) is 11.4. The average molecular weight is 281 g/mol. The maximum absolute atomic E-state index is 5.12. The van der Waals surface area contributed by atoms with E-state index in [1.54, 1.807) is 13.3 Å². The highest BCUT2D eigenvalue weighted by Gasteiger charge is 2.02. The van der Waals surface area contributed by atoms with E-state index < -0.39 is 0 Å². The van der Waals surface area contributed by atoms with E-state index in [1.165, 1.54) is 5.56 Å². The Morgan fingerprint density at radius 1 is 1.25 bits per heavy atom. The fraction of sp³-hybridized carbons (Fsp3) is 0.250. The molecule has 2 rings (SSSR count). The third-order valence-electron chi connectivity index (χ3n) is 2.34. The smallest absolute Gasteiger partial charge is 0.0881 e. The number of nitrogens with zero attached hydrogens (tertiary/aromatic N) is 2. The predicted octanol–water partition coefficient (Wildman–Crippen LogP) is 2.84. The van der Waals surface area contributed by atoms with Crippen molar-refractivity contribution in [1.29, 1.82) is 0 Å². The molecule has 0 spiro atoms. The van der Waals surface area contributed by atoms with Gasteiger partial charge in [0, 0.05) is 17.8 Å². The largest absolute Gasteiger partial charge is 0.378 e. The first-order valence-corrected chi connectivity index (χ1v) is 5.83. The fourth-order valence-electron chi connectivity index (χ4n) is 1.54. The topological polar surface area (TPSA) is 27.1 Å². The zero-order valence-electron chi connectivity index (χ0n) is 9.06. The normalized spacial score (nSPS) is 10.6. The van der Waals surface area contributed by atoms with Crippen LogP contribution >= 0.6 is 15.9 Å². The van der Waals surface area contributed by atoms with Crippen LogP contribution in [-0.2, 0) is 17.9 Å². The Hall–Kier alpha value is -1.13. The lowest BCUT2D eigenvalue weighted by Crippen LogP contribution is -2.06. The first-order chi connectivity index (χ1) is 7.79. The number of ether oxygens (including phenoxy) is 1. The molecule has 2 aromatic rings. The molecule has 4 heteroatoms. The molecule has 0 radical (unpaired) electrons. The van der Waals surface area contributed by atoms with Gasteiger partial charge in [-0.25, -0.2) is 0 Å². The summed E-state index contributed by atoms with van der Waals surface area (Å²) in [4.78, 5) is 0. The van der Waals surface area contributed by atoms with Crippen LogP contribution in [0.5, 0.6) is 0 Å². The molecule has 0 fully saturated rings. The van der Waals surface area contributed by atoms with E-state index in [1.807, 2.05) is 22.9 Å². The summed E-state index contributed by atoms with van der Waals surface area (Å²) in [7, 11) is 1.69. The molecule has 0 aliphatic carbocycles. The van der Waals surface area contributed by atoms with E-state index in [4.69, 9.17) is 4.74 Å². The van der Waals surface area contributed by atoms with Crippen LogP contribution in [0.1, 0.15) is 11.3 Å². The quantitative estimate of drug-likeness (QED) is 0.861. The molecular formula is C12H13BrN2O. The minimum absolute atomic E-state index is 0.594. The van der Waals surface area contributed by atoms with Crippen LogP contribution in [0, 0.1) is 0 Å². The van der Waals surface area contributed by atoms with Crippen LogP contribution in [0.15, 0.2) is 41.0 Å². The molecule has 3 nitrogen and oxygen atoms in total. The van der Waals surface area contributed by atoms with E-state index in [2.05, 4.69) is 33.2 Å². The lowest BCUT2D eigenvalue weighted by molar-refractivity contribution is 0.177. The Labute approximate surface area is 103 Å². The molecule has 0 amide bonds. The number of halogens is 1. The van der Waals surface area contributed by atoms with Crippen LogP contribution in [0.2, 0.25) is 0 Å². The number of methoxy groups -OCH3 is 1. The van der Waals surface area contributed by atoms with Gasteiger partial charge in [0.25, 0.3) is 0 Å². The lowest BCUT2D eigenvalue weighted by atomic mass is 10.2. The summed E-state index contributed by atoms with van der Waals surface area (Å²) in [5.41, 5.74) is 2.31. The van der Waals surface area contributed by atoms with Gasteiger partial charge in [0.05, 0.1) is 18.8 Å². The van der Waals surface area contributed by atoms with Crippen LogP contribution in [0.3, 0.4) is 0 Å². The van der Waals surface area contributed by atoms with Gasteiger partial charge in [0.1, 0.15) is 0 Å². The highest BCUT2D eigenvalue weighted by atomic mass is 79.9. The molecule has 1 aromatic carbocycles. The number of hydrogen-bond acceptors (Lipinski definition) is 2. The Bertz CT molecular complexity index is 450. The van der Waals surface area contributed by atoms with Gasteiger partial charge in [-0.1, -0.05) is 28.1 Å². The van der Waals surface area contributed by atoms with Gasteiger partial charge in [0.15, 0.2) is 0 Å². The van der Waals surface area contributed by atoms with Crippen molar-refractivity contribution in [2.45, 2.75) is 13.2 Å². The Balaban J connectivity index is 2.13. The maximum Gasteiger partial charge on any atom is 0.0881 e. The molecule has 0 atom stereocenters. The molecule has 1 aromatic heterocycles. The first-order valence-electron chi connectivity index (χ1n) is 5.03. The van der Waals surface area contributed by atoms with Crippen molar-refractivity contribution in [1.82, 2.24) is 9.78 Å². The summed E-state index contributed by atoms with van der Waals surface area (Å²) in [5.74, 6) is 0. The summed E-state index contributed by atoms with van der Waals surface area (Å²) < 4.78 is 8.16. The van der Waals surface area contributed by atoms with E-state index >= 15 is 0 Å². The van der Waals surface area contributed by atoms with Crippen LogP contribution in [0.25, 0.3) is 0 Å². The molecule has 84 valence electrons. The minimum atomic E-state index is 0.594. The lowest BCUT2D eigenvalue weighted by Gasteiger charge is -2.06. The van der Waals surface area contributed by atoms with E-state index in [-0.39, 0.29) is 0 Å². The number of benzene rings is 1. The molecule has 0 saturated carbocycles. The van der Waals surface area contributed by atoms with Crippen molar-refractivity contribution in [3.05, 3.63) is 52.3 Å². The summed E-state index contributed by atoms with van der Waals surface area (Å²) in [5, 5.41) is 4.28. The molecule has 0 unspecified atom stereocenters. The second-order valence-electron chi connectivity index (χ2n) is 3.54. The van der Waals surface area contributed by atoms with Gasteiger partial charge < -0.3 is 4.74 Å². The number of aromatic nitrogens is 2. The Morgan fingerprint density at radius 2 is 2.00 bits per heavy atom. The monoisotopic (exact) mass is 280 g/mol. The van der Waals surface area contributed by atoms with Gasteiger partial charge in [-0.3, -0.25) is 4.68 Å². The van der Waals surface area contributed by atoms with Crippen molar-refractivity contribution >= 4 is 15.9 Å². The molecule has 16 heavy (non-hydrogen) atoms. The van der Waals surface area contributed by atoms with Gasteiger partial charge >= 0.3 is 0 Å².